The number of nitrogens with zero attached hydrogens (tertiary/aromatic N) is 3. The molecule has 0 fully saturated rings. The smallest absolute Gasteiger partial charge is 0.0923 e. The number of aliphatic hydroxyl groups excluding tert-OH is 1. The monoisotopic (exact) mass is 307 g/mol. The molecule has 0 radical (unpaired) electrons. The summed E-state index contributed by atoms with van der Waals surface area (Å²) in [6.45, 7) is 4.55. The number of benzene rings is 1. The normalized spacial score (nSPS) is 12.3. The maximum absolute atomic E-state index is 9.75. The maximum Gasteiger partial charge on any atom is 0.0923 e. The van der Waals surface area contributed by atoms with Gasteiger partial charge >= 0.3 is 0 Å². The largest absolute Gasteiger partial charge is 0.391 e. The van der Waals surface area contributed by atoms with Crippen LogP contribution in [-0.4, -0.2) is 26.0 Å². The number of rotatable bonds is 5. The molecule has 0 spiro atoms. The number of aliphatic hydroxyl groups is 1. The van der Waals surface area contributed by atoms with Gasteiger partial charge in [0.25, 0.3) is 0 Å². The number of pyridine rings is 1. The number of aromatic nitrogens is 3. The predicted octanol–water partition coefficient (Wildman–Crippen LogP) is 3.69. The van der Waals surface area contributed by atoms with Crippen molar-refractivity contribution in [2.45, 2.75) is 32.9 Å². The quantitative estimate of drug-likeness (QED) is 0.782. The summed E-state index contributed by atoms with van der Waals surface area (Å²) in [6.07, 6.45) is 4.09. The van der Waals surface area contributed by atoms with Crippen molar-refractivity contribution in [3.63, 3.8) is 0 Å². The van der Waals surface area contributed by atoms with Crippen LogP contribution in [0.1, 0.15) is 18.9 Å². The second kappa shape index (κ2) is 6.75. The van der Waals surface area contributed by atoms with Crippen LogP contribution in [0.4, 0.5) is 0 Å². The van der Waals surface area contributed by atoms with Gasteiger partial charge in [-0.25, -0.2) is 0 Å². The Morgan fingerprint density at radius 1 is 1.13 bits per heavy atom. The average Bonchev–Trinajstić information content (AvgIpc) is 3.04. The molecule has 0 aliphatic heterocycles. The predicted molar refractivity (Wildman–Crippen MR) is 91.9 cm³/mol. The van der Waals surface area contributed by atoms with Crippen molar-refractivity contribution in [3.05, 3.63) is 60.4 Å². The molecule has 3 rings (SSSR count). The number of aryl methyl sites for hydroxylation is 1. The minimum atomic E-state index is -0.356. The lowest BCUT2D eigenvalue weighted by Gasteiger charge is -2.07. The average molecular weight is 307 g/mol. The molecule has 0 aliphatic rings. The molecule has 0 bridgehead atoms. The zero-order chi connectivity index (χ0) is 16.2. The molecule has 2 heterocycles. The first kappa shape index (κ1) is 15.4. The van der Waals surface area contributed by atoms with Crippen LogP contribution in [0.5, 0.6) is 0 Å². The van der Waals surface area contributed by atoms with Gasteiger partial charge in [-0.1, -0.05) is 31.2 Å². The fourth-order valence-electron chi connectivity index (χ4n) is 2.58. The highest BCUT2D eigenvalue weighted by Gasteiger charge is 2.08. The highest BCUT2D eigenvalue weighted by molar-refractivity contribution is 5.70. The van der Waals surface area contributed by atoms with Gasteiger partial charge in [0.05, 0.1) is 24.0 Å². The lowest BCUT2D eigenvalue weighted by molar-refractivity contribution is 0.145. The van der Waals surface area contributed by atoms with E-state index in [1.54, 1.807) is 4.68 Å². The van der Waals surface area contributed by atoms with Crippen LogP contribution in [0.2, 0.25) is 0 Å². The fraction of sp³-hybridized carbons (Fsp3) is 0.263. The van der Waals surface area contributed by atoms with Crippen LogP contribution < -0.4 is 0 Å². The first-order valence-corrected chi connectivity index (χ1v) is 7.91. The molecule has 0 aliphatic carbocycles. The molecule has 2 aromatic heterocycles. The van der Waals surface area contributed by atoms with Gasteiger partial charge < -0.3 is 5.11 Å². The Kier molecular flexibility index (Phi) is 4.53. The van der Waals surface area contributed by atoms with E-state index in [-0.39, 0.29) is 6.10 Å². The SMILES string of the molecule is CCC(O)Cn1ccc(-c2cccc(-c3ncccc3C)c2)n1. The van der Waals surface area contributed by atoms with Crippen molar-refractivity contribution in [2.24, 2.45) is 0 Å². The van der Waals surface area contributed by atoms with Crippen LogP contribution in [0.25, 0.3) is 22.5 Å². The van der Waals surface area contributed by atoms with E-state index in [9.17, 15) is 5.11 Å². The fourth-order valence-corrected chi connectivity index (χ4v) is 2.58. The summed E-state index contributed by atoms with van der Waals surface area (Å²) >= 11 is 0. The maximum atomic E-state index is 9.75. The minimum Gasteiger partial charge on any atom is -0.391 e. The molecule has 0 saturated heterocycles. The van der Waals surface area contributed by atoms with E-state index < -0.39 is 0 Å². The Morgan fingerprint density at radius 3 is 2.74 bits per heavy atom. The van der Waals surface area contributed by atoms with Gasteiger partial charge in [0.1, 0.15) is 0 Å². The van der Waals surface area contributed by atoms with Crippen molar-refractivity contribution in [2.75, 3.05) is 0 Å². The molecular formula is C19H21N3O. The van der Waals surface area contributed by atoms with E-state index in [4.69, 9.17) is 0 Å². The molecular weight excluding hydrogens is 286 g/mol. The van der Waals surface area contributed by atoms with Crippen molar-refractivity contribution in [1.82, 2.24) is 14.8 Å². The zero-order valence-corrected chi connectivity index (χ0v) is 13.5. The highest BCUT2D eigenvalue weighted by Crippen LogP contribution is 2.26. The molecule has 4 nitrogen and oxygen atoms in total. The molecule has 23 heavy (non-hydrogen) atoms. The first-order valence-electron chi connectivity index (χ1n) is 7.91. The Labute approximate surface area is 136 Å². The van der Waals surface area contributed by atoms with E-state index >= 15 is 0 Å². The summed E-state index contributed by atoms with van der Waals surface area (Å²) in [7, 11) is 0. The summed E-state index contributed by atoms with van der Waals surface area (Å²) in [4.78, 5) is 4.48. The first-order chi connectivity index (χ1) is 11.2. The number of hydrogen-bond donors (Lipinski definition) is 1. The van der Waals surface area contributed by atoms with Crippen LogP contribution in [0, 0.1) is 6.92 Å². The van der Waals surface area contributed by atoms with Crippen molar-refractivity contribution in [3.8, 4) is 22.5 Å². The van der Waals surface area contributed by atoms with Crippen LogP contribution >= 0.6 is 0 Å². The summed E-state index contributed by atoms with van der Waals surface area (Å²) in [6, 6.07) is 14.2. The third-order valence-corrected chi connectivity index (χ3v) is 3.95. The molecule has 1 N–H and O–H groups in total. The topological polar surface area (TPSA) is 50.9 Å². The standard InChI is InChI=1S/C19H21N3O/c1-3-17(23)13-22-11-9-18(21-22)15-7-4-8-16(12-15)19-14(2)6-5-10-20-19/h4-12,17,23H,3,13H2,1-2H3. The Bertz CT molecular complexity index is 795. The highest BCUT2D eigenvalue weighted by atomic mass is 16.3. The van der Waals surface area contributed by atoms with Gasteiger partial charge in [0, 0.05) is 23.5 Å². The summed E-state index contributed by atoms with van der Waals surface area (Å²) in [5, 5.41) is 14.3. The second-order valence-electron chi connectivity index (χ2n) is 5.73. The molecule has 0 saturated carbocycles. The van der Waals surface area contributed by atoms with E-state index in [0.717, 1.165) is 34.5 Å². The number of hydrogen-bond acceptors (Lipinski definition) is 3. The van der Waals surface area contributed by atoms with E-state index in [0.29, 0.717) is 6.54 Å². The van der Waals surface area contributed by atoms with E-state index in [2.05, 4.69) is 35.2 Å². The van der Waals surface area contributed by atoms with E-state index in [1.165, 1.54) is 0 Å². The molecule has 1 atom stereocenters. The van der Waals surface area contributed by atoms with Gasteiger partial charge in [-0.2, -0.15) is 5.10 Å². The lowest BCUT2D eigenvalue weighted by Crippen LogP contribution is -2.14. The summed E-state index contributed by atoms with van der Waals surface area (Å²) in [5.41, 5.74) is 5.20. The van der Waals surface area contributed by atoms with Crippen LogP contribution in [-0.2, 0) is 6.54 Å². The Morgan fingerprint density at radius 2 is 1.96 bits per heavy atom. The molecule has 0 amide bonds. The van der Waals surface area contributed by atoms with Crippen LogP contribution in [0.15, 0.2) is 54.9 Å². The van der Waals surface area contributed by atoms with Crippen molar-refractivity contribution >= 4 is 0 Å². The van der Waals surface area contributed by atoms with Crippen molar-refractivity contribution in [1.29, 1.82) is 0 Å². The lowest BCUT2D eigenvalue weighted by atomic mass is 10.0. The second-order valence-corrected chi connectivity index (χ2v) is 5.73. The van der Waals surface area contributed by atoms with Gasteiger partial charge in [-0.05, 0) is 37.1 Å². The minimum absolute atomic E-state index is 0.356. The third kappa shape index (κ3) is 3.48. The van der Waals surface area contributed by atoms with E-state index in [1.807, 2.05) is 43.6 Å². The summed E-state index contributed by atoms with van der Waals surface area (Å²) < 4.78 is 1.79. The summed E-state index contributed by atoms with van der Waals surface area (Å²) in [5.74, 6) is 0. The third-order valence-electron chi connectivity index (χ3n) is 3.95. The molecule has 1 unspecified atom stereocenters. The Hall–Kier alpha value is -2.46. The Balaban J connectivity index is 1.90. The van der Waals surface area contributed by atoms with Gasteiger partial charge in [-0.15, -0.1) is 0 Å². The van der Waals surface area contributed by atoms with Gasteiger partial charge in [0.15, 0.2) is 0 Å². The molecule has 118 valence electrons. The van der Waals surface area contributed by atoms with Crippen LogP contribution in [0.3, 0.4) is 0 Å². The molecule has 4 heteroatoms. The molecule has 3 aromatic rings. The molecule has 1 aromatic carbocycles. The zero-order valence-electron chi connectivity index (χ0n) is 13.5. The van der Waals surface area contributed by atoms with Gasteiger partial charge in [-0.3, -0.25) is 9.67 Å². The van der Waals surface area contributed by atoms with Crippen molar-refractivity contribution < 1.29 is 5.11 Å². The van der Waals surface area contributed by atoms with Gasteiger partial charge in [0.2, 0.25) is 0 Å².